The van der Waals surface area contributed by atoms with Gasteiger partial charge in [0.2, 0.25) is 0 Å². The van der Waals surface area contributed by atoms with Crippen LogP contribution in [0.4, 0.5) is 0 Å². The van der Waals surface area contributed by atoms with Crippen LogP contribution < -0.4 is 9.47 Å². The summed E-state index contributed by atoms with van der Waals surface area (Å²) >= 11 is 0. The minimum Gasteiger partial charge on any atom is -0.491 e. The number of aliphatic hydroxyl groups excluding tert-OH is 2. The second-order valence-electron chi connectivity index (χ2n) is 8.57. The van der Waals surface area contributed by atoms with E-state index in [0.29, 0.717) is 0 Å². The van der Waals surface area contributed by atoms with Crippen LogP contribution in [0.5, 0.6) is 11.5 Å². The standard InChI is InChI=1S/C31H32O4/c1-23(27-13-15-31(35-19-17-33)29(22-27)26-10-6-3-7-11-26)20-24-12-14-30(34-18-16-32)28(21-24)25-8-4-2-5-9-25/h2-15,21-23,32-33H,16-20H2,1H3. The van der Waals surface area contributed by atoms with Gasteiger partial charge < -0.3 is 19.7 Å². The molecule has 2 N–H and O–H groups in total. The highest BCUT2D eigenvalue weighted by molar-refractivity contribution is 5.72. The Bertz CT molecular complexity index is 1210. The van der Waals surface area contributed by atoms with Crippen LogP contribution in [0, 0.1) is 0 Å². The molecule has 0 heterocycles. The van der Waals surface area contributed by atoms with Gasteiger partial charge in [-0.2, -0.15) is 0 Å². The third kappa shape index (κ3) is 6.30. The molecule has 0 aromatic heterocycles. The first-order valence-corrected chi connectivity index (χ1v) is 12.0. The molecule has 0 radical (unpaired) electrons. The summed E-state index contributed by atoms with van der Waals surface area (Å²) in [5.74, 6) is 1.83. The summed E-state index contributed by atoms with van der Waals surface area (Å²) < 4.78 is 11.6. The lowest BCUT2D eigenvalue weighted by atomic mass is 9.90. The van der Waals surface area contributed by atoms with Gasteiger partial charge in [0.25, 0.3) is 0 Å². The molecule has 0 aliphatic carbocycles. The van der Waals surface area contributed by atoms with Gasteiger partial charge in [-0.25, -0.2) is 0 Å². The molecule has 0 spiro atoms. The van der Waals surface area contributed by atoms with Crippen LogP contribution in [-0.2, 0) is 6.42 Å². The van der Waals surface area contributed by atoms with Crippen LogP contribution >= 0.6 is 0 Å². The van der Waals surface area contributed by atoms with E-state index in [9.17, 15) is 10.2 Å². The molecule has 0 saturated carbocycles. The van der Waals surface area contributed by atoms with Gasteiger partial charge in [0.15, 0.2) is 0 Å². The van der Waals surface area contributed by atoms with E-state index in [2.05, 4.69) is 55.5 Å². The third-order valence-electron chi connectivity index (χ3n) is 6.03. The first kappa shape index (κ1) is 24.5. The average molecular weight is 469 g/mol. The summed E-state index contributed by atoms with van der Waals surface area (Å²) in [5.41, 5.74) is 6.68. The molecule has 1 atom stereocenters. The van der Waals surface area contributed by atoms with Crippen LogP contribution in [0.25, 0.3) is 22.3 Å². The maximum Gasteiger partial charge on any atom is 0.127 e. The summed E-state index contributed by atoms with van der Waals surface area (Å²) in [4.78, 5) is 0. The molecule has 0 saturated heterocycles. The predicted molar refractivity (Wildman–Crippen MR) is 141 cm³/mol. The first-order chi connectivity index (χ1) is 17.2. The fraction of sp³-hybridized carbons (Fsp3) is 0.226. The smallest absolute Gasteiger partial charge is 0.127 e. The van der Waals surface area contributed by atoms with E-state index >= 15 is 0 Å². The van der Waals surface area contributed by atoms with Crippen molar-refractivity contribution in [3.05, 3.63) is 108 Å². The molecule has 4 aromatic rings. The summed E-state index contributed by atoms with van der Waals surface area (Å²) in [6.45, 7) is 2.73. The quantitative estimate of drug-likeness (QED) is 0.279. The van der Waals surface area contributed by atoms with E-state index in [0.717, 1.165) is 40.2 Å². The number of hydrogen-bond donors (Lipinski definition) is 2. The Balaban J connectivity index is 1.62. The second-order valence-corrected chi connectivity index (χ2v) is 8.57. The molecule has 35 heavy (non-hydrogen) atoms. The number of rotatable bonds is 11. The number of ether oxygens (including phenoxy) is 2. The van der Waals surface area contributed by atoms with E-state index in [-0.39, 0.29) is 32.3 Å². The van der Waals surface area contributed by atoms with Gasteiger partial charge >= 0.3 is 0 Å². The van der Waals surface area contributed by atoms with Crippen molar-refractivity contribution >= 4 is 0 Å². The molecule has 4 nitrogen and oxygen atoms in total. The van der Waals surface area contributed by atoms with Crippen molar-refractivity contribution in [3.8, 4) is 33.8 Å². The fourth-order valence-corrected chi connectivity index (χ4v) is 4.28. The molecule has 0 fully saturated rings. The number of hydrogen-bond acceptors (Lipinski definition) is 4. The topological polar surface area (TPSA) is 58.9 Å². The minimum absolute atomic E-state index is 0.0191. The Morgan fingerprint density at radius 1 is 0.629 bits per heavy atom. The van der Waals surface area contributed by atoms with E-state index in [1.54, 1.807) is 0 Å². The van der Waals surface area contributed by atoms with Crippen molar-refractivity contribution < 1.29 is 19.7 Å². The van der Waals surface area contributed by atoms with Crippen molar-refractivity contribution in [1.82, 2.24) is 0 Å². The van der Waals surface area contributed by atoms with Gasteiger partial charge in [0.05, 0.1) is 13.2 Å². The Labute approximate surface area is 207 Å². The molecule has 0 bridgehead atoms. The predicted octanol–water partition coefficient (Wildman–Crippen LogP) is 6.11. The molecule has 0 aliphatic rings. The zero-order valence-electron chi connectivity index (χ0n) is 20.1. The third-order valence-corrected chi connectivity index (χ3v) is 6.03. The molecule has 4 heteroatoms. The van der Waals surface area contributed by atoms with Crippen LogP contribution in [0.2, 0.25) is 0 Å². The van der Waals surface area contributed by atoms with Crippen molar-refractivity contribution in [2.24, 2.45) is 0 Å². The van der Waals surface area contributed by atoms with Crippen molar-refractivity contribution in [1.29, 1.82) is 0 Å². The molecular formula is C31H32O4. The lowest BCUT2D eigenvalue weighted by Gasteiger charge is -2.18. The summed E-state index contributed by atoms with van der Waals surface area (Å²) in [6.07, 6.45) is 0.866. The van der Waals surface area contributed by atoms with Crippen LogP contribution in [0.1, 0.15) is 24.0 Å². The SMILES string of the molecule is CC(Cc1ccc(OCCO)c(-c2ccccc2)c1)c1ccc(OCCO)c(-c2ccccc2)c1. The first-order valence-electron chi connectivity index (χ1n) is 12.0. The van der Waals surface area contributed by atoms with Gasteiger partial charge in [-0.05, 0) is 58.9 Å². The van der Waals surface area contributed by atoms with Crippen molar-refractivity contribution in [2.75, 3.05) is 26.4 Å². The molecule has 0 amide bonds. The fourth-order valence-electron chi connectivity index (χ4n) is 4.28. The maximum atomic E-state index is 9.22. The zero-order chi connectivity index (χ0) is 24.5. The highest BCUT2D eigenvalue weighted by Gasteiger charge is 2.14. The molecule has 0 aliphatic heterocycles. The average Bonchev–Trinajstić information content (AvgIpc) is 2.92. The Morgan fingerprint density at radius 3 is 1.69 bits per heavy atom. The van der Waals surface area contributed by atoms with Gasteiger partial charge in [-0.3, -0.25) is 0 Å². The molecule has 180 valence electrons. The van der Waals surface area contributed by atoms with E-state index in [4.69, 9.17) is 9.47 Å². The van der Waals surface area contributed by atoms with Crippen molar-refractivity contribution in [2.45, 2.75) is 19.3 Å². The lowest BCUT2D eigenvalue weighted by Crippen LogP contribution is -2.05. The van der Waals surface area contributed by atoms with Crippen LogP contribution in [-0.4, -0.2) is 36.6 Å². The highest BCUT2D eigenvalue weighted by Crippen LogP contribution is 2.36. The van der Waals surface area contributed by atoms with Gasteiger partial charge in [-0.15, -0.1) is 0 Å². The zero-order valence-corrected chi connectivity index (χ0v) is 20.1. The summed E-state index contributed by atoms with van der Waals surface area (Å²) in [7, 11) is 0. The van der Waals surface area contributed by atoms with E-state index in [1.165, 1.54) is 11.1 Å². The summed E-state index contributed by atoms with van der Waals surface area (Å²) in [6, 6.07) is 33.0. The maximum absolute atomic E-state index is 9.22. The Hall–Kier alpha value is -3.60. The monoisotopic (exact) mass is 468 g/mol. The summed E-state index contributed by atoms with van der Waals surface area (Å²) in [5, 5.41) is 18.4. The van der Waals surface area contributed by atoms with Gasteiger partial charge in [0.1, 0.15) is 24.7 Å². The van der Waals surface area contributed by atoms with E-state index in [1.807, 2.05) is 48.5 Å². The van der Waals surface area contributed by atoms with Crippen molar-refractivity contribution in [3.63, 3.8) is 0 Å². The van der Waals surface area contributed by atoms with E-state index < -0.39 is 0 Å². The molecule has 4 aromatic carbocycles. The minimum atomic E-state index is -0.0197. The molecular weight excluding hydrogens is 436 g/mol. The normalized spacial score (nSPS) is 11.7. The lowest BCUT2D eigenvalue weighted by molar-refractivity contribution is 0.202. The Kier molecular flexibility index (Phi) is 8.55. The largest absolute Gasteiger partial charge is 0.491 e. The van der Waals surface area contributed by atoms with Crippen LogP contribution in [0.3, 0.4) is 0 Å². The van der Waals surface area contributed by atoms with Crippen LogP contribution in [0.15, 0.2) is 97.1 Å². The molecule has 1 unspecified atom stereocenters. The molecule has 4 rings (SSSR count). The number of aliphatic hydroxyl groups is 2. The second kappa shape index (κ2) is 12.2. The highest BCUT2D eigenvalue weighted by atomic mass is 16.5. The van der Waals surface area contributed by atoms with Gasteiger partial charge in [0, 0.05) is 11.1 Å². The Morgan fingerprint density at radius 2 is 1.14 bits per heavy atom. The van der Waals surface area contributed by atoms with Gasteiger partial charge in [-0.1, -0.05) is 79.7 Å². The number of benzene rings is 4.